The van der Waals surface area contributed by atoms with Crippen LogP contribution in [-0.2, 0) is 0 Å². The summed E-state index contributed by atoms with van der Waals surface area (Å²) >= 11 is 1.65. The number of H-pyrrole nitrogens is 1. The third-order valence-corrected chi connectivity index (χ3v) is 5.80. The SMILES string of the molecule is Cc1[nH]c2nc(-c3cccs3)nc(NC3CCC(O)CC3)c2c1C. The summed E-state index contributed by atoms with van der Waals surface area (Å²) in [5.74, 6) is 1.67. The molecule has 0 atom stereocenters. The van der Waals surface area contributed by atoms with Gasteiger partial charge in [-0.05, 0) is 56.5 Å². The topological polar surface area (TPSA) is 73.8 Å². The maximum atomic E-state index is 9.72. The molecule has 0 amide bonds. The van der Waals surface area contributed by atoms with Gasteiger partial charge in [0.15, 0.2) is 5.82 Å². The van der Waals surface area contributed by atoms with E-state index in [4.69, 9.17) is 9.97 Å². The van der Waals surface area contributed by atoms with Crippen LogP contribution in [0.15, 0.2) is 17.5 Å². The first kappa shape index (κ1) is 15.6. The Morgan fingerprint density at radius 2 is 2.00 bits per heavy atom. The van der Waals surface area contributed by atoms with E-state index in [2.05, 4.69) is 30.2 Å². The second kappa shape index (κ2) is 6.18. The lowest BCUT2D eigenvalue weighted by Crippen LogP contribution is -2.28. The van der Waals surface area contributed by atoms with Gasteiger partial charge in [-0.25, -0.2) is 9.97 Å². The summed E-state index contributed by atoms with van der Waals surface area (Å²) in [7, 11) is 0. The fourth-order valence-electron chi connectivity index (χ4n) is 3.40. The van der Waals surface area contributed by atoms with Crippen molar-refractivity contribution < 1.29 is 5.11 Å². The number of thiophene rings is 1. The molecular formula is C18H22N4OS. The summed E-state index contributed by atoms with van der Waals surface area (Å²) in [6, 6.07) is 4.43. The second-order valence-electron chi connectivity index (χ2n) is 6.62. The number of aromatic amines is 1. The average Bonchev–Trinajstić information content (AvgIpc) is 3.19. The molecule has 1 fully saturated rings. The quantitative estimate of drug-likeness (QED) is 0.672. The molecule has 0 bridgehead atoms. The molecule has 0 aliphatic heterocycles. The van der Waals surface area contributed by atoms with Gasteiger partial charge in [0.05, 0.1) is 16.4 Å². The van der Waals surface area contributed by atoms with Crippen LogP contribution >= 0.6 is 11.3 Å². The average molecular weight is 342 g/mol. The maximum absolute atomic E-state index is 9.72. The standard InChI is InChI=1S/C18H22N4OS/c1-10-11(2)19-17-15(10)18(20-12-5-7-13(23)8-6-12)22-16(21-17)14-4-3-9-24-14/h3-4,9,12-13,23H,5-8H2,1-2H3,(H2,19,20,21,22). The van der Waals surface area contributed by atoms with Gasteiger partial charge in [-0.2, -0.15) is 0 Å². The zero-order valence-corrected chi connectivity index (χ0v) is 14.8. The Morgan fingerprint density at radius 1 is 1.21 bits per heavy atom. The number of aromatic nitrogens is 3. The molecule has 3 aromatic heterocycles. The number of hydrogen-bond acceptors (Lipinski definition) is 5. The van der Waals surface area contributed by atoms with Crippen molar-refractivity contribution in [3.8, 4) is 10.7 Å². The molecule has 5 nitrogen and oxygen atoms in total. The lowest BCUT2D eigenvalue weighted by molar-refractivity contribution is 0.126. The first-order chi connectivity index (χ1) is 11.6. The van der Waals surface area contributed by atoms with Gasteiger partial charge >= 0.3 is 0 Å². The van der Waals surface area contributed by atoms with Gasteiger partial charge in [-0.3, -0.25) is 0 Å². The Morgan fingerprint density at radius 3 is 2.71 bits per heavy atom. The molecule has 1 aliphatic carbocycles. The number of aliphatic hydroxyl groups excluding tert-OH is 1. The summed E-state index contributed by atoms with van der Waals surface area (Å²) in [5, 5.41) is 16.5. The Hall–Kier alpha value is -1.92. The smallest absolute Gasteiger partial charge is 0.173 e. The molecule has 24 heavy (non-hydrogen) atoms. The van der Waals surface area contributed by atoms with Crippen LogP contribution in [0.5, 0.6) is 0 Å². The normalized spacial score (nSPS) is 21.3. The number of nitrogens with zero attached hydrogens (tertiary/aromatic N) is 2. The van der Waals surface area contributed by atoms with Crippen LogP contribution < -0.4 is 5.32 Å². The van der Waals surface area contributed by atoms with Gasteiger partial charge in [0.25, 0.3) is 0 Å². The first-order valence-electron chi connectivity index (χ1n) is 8.47. The van der Waals surface area contributed by atoms with Crippen molar-refractivity contribution in [2.45, 2.75) is 51.7 Å². The van der Waals surface area contributed by atoms with Crippen LogP contribution in [-0.4, -0.2) is 32.2 Å². The fraction of sp³-hybridized carbons (Fsp3) is 0.444. The molecule has 0 spiro atoms. The van der Waals surface area contributed by atoms with Gasteiger partial charge < -0.3 is 15.4 Å². The van der Waals surface area contributed by atoms with Crippen LogP contribution in [0.25, 0.3) is 21.7 Å². The number of rotatable bonds is 3. The molecular weight excluding hydrogens is 320 g/mol. The fourth-order valence-corrected chi connectivity index (χ4v) is 4.06. The van der Waals surface area contributed by atoms with Crippen molar-refractivity contribution in [1.29, 1.82) is 0 Å². The summed E-state index contributed by atoms with van der Waals surface area (Å²) < 4.78 is 0. The molecule has 3 aromatic rings. The van der Waals surface area contributed by atoms with Gasteiger partial charge in [0.1, 0.15) is 11.5 Å². The zero-order valence-electron chi connectivity index (χ0n) is 14.0. The number of hydrogen-bond donors (Lipinski definition) is 3. The van der Waals surface area contributed by atoms with Crippen LogP contribution in [0.2, 0.25) is 0 Å². The zero-order chi connectivity index (χ0) is 16.7. The number of aryl methyl sites for hydroxylation is 2. The van der Waals surface area contributed by atoms with Crippen molar-refractivity contribution in [2.75, 3.05) is 5.32 Å². The first-order valence-corrected chi connectivity index (χ1v) is 9.35. The van der Waals surface area contributed by atoms with E-state index in [1.165, 1.54) is 5.56 Å². The van der Waals surface area contributed by atoms with Crippen molar-refractivity contribution in [3.05, 3.63) is 28.8 Å². The Kier molecular flexibility index (Phi) is 4.02. The van der Waals surface area contributed by atoms with E-state index in [9.17, 15) is 5.11 Å². The van der Waals surface area contributed by atoms with Crippen molar-refractivity contribution in [2.24, 2.45) is 0 Å². The van der Waals surface area contributed by atoms with Crippen LogP contribution in [0.3, 0.4) is 0 Å². The minimum atomic E-state index is -0.147. The van der Waals surface area contributed by atoms with Crippen molar-refractivity contribution in [1.82, 2.24) is 15.0 Å². The number of nitrogens with one attached hydrogen (secondary N) is 2. The molecule has 3 heterocycles. The molecule has 126 valence electrons. The van der Waals surface area contributed by atoms with Gasteiger partial charge in [0, 0.05) is 11.7 Å². The third-order valence-electron chi connectivity index (χ3n) is 4.93. The monoisotopic (exact) mass is 342 g/mol. The summed E-state index contributed by atoms with van der Waals surface area (Å²) in [6.45, 7) is 4.18. The Balaban J connectivity index is 1.76. The van der Waals surface area contributed by atoms with E-state index in [0.717, 1.165) is 58.9 Å². The highest BCUT2D eigenvalue weighted by atomic mass is 32.1. The summed E-state index contributed by atoms with van der Waals surface area (Å²) in [4.78, 5) is 14.0. The van der Waals surface area contributed by atoms with E-state index in [1.807, 2.05) is 11.4 Å². The maximum Gasteiger partial charge on any atom is 0.173 e. The van der Waals surface area contributed by atoms with E-state index >= 15 is 0 Å². The van der Waals surface area contributed by atoms with Gasteiger partial charge in [-0.1, -0.05) is 6.07 Å². The third kappa shape index (κ3) is 2.80. The molecule has 6 heteroatoms. The highest BCUT2D eigenvalue weighted by Gasteiger charge is 2.22. The van der Waals surface area contributed by atoms with E-state index < -0.39 is 0 Å². The lowest BCUT2D eigenvalue weighted by atomic mass is 9.93. The van der Waals surface area contributed by atoms with E-state index in [-0.39, 0.29) is 6.10 Å². The predicted molar refractivity (Wildman–Crippen MR) is 98.6 cm³/mol. The molecule has 0 aromatic carbocycles. The van der Waals surface area contributed by atoms with Crippen LogP contribution in [0.1, 0.15) is 36.9 Å². The minimum absolute atomic E-state index is 0.147. The molecule has 1 aliphatic rings. The second-order valence-corrected chi connectivity index (χ2v) is 7.57. The number of fused-ring (bicyclic) bond motifs is 1. The largest absolute Gasteiger partial charge is 0.393 e. The van der Waals surface area contributed by atoms with E-state index in [1.54, 1.807) is 11.3 Å². The predicted octanol–water partition coefficient (Wildman–Crippen LogP) is 4.02. The number of anilines is 1. The lowest BCUT2D eigenvalue weighted by Gasteiger charge is -2.27. The van der Waals surface area contributed by atoms with Gasteiger partial charge in [-0.15, -0.1) is 11.3 Å². The highest BCUT2D eigenvalue weighted by Crippen LogP contribution is 2.32. The van der Waals surface area contributed by atoms with Crippen LogP contribution in [0, 0.1) is 13.8 Å². The summed E-state index contributed by atoms with van der Waals surface area (Å²) in [5.41, 5.74) is 3.22. The Bertz CT molecular complexity index is 848. The molecule has 4 rings (SSSR count). The van der Waals surface area contributed by atoms with Crippen molar-refractivity contribution >= 4 is 28.2 Å². The molecule has 1 saturated carbocycles. The Labute approximate surface area is 145 Å². The number of aliphatic hydroxyl groups is 1. The highest BCUT2D eigenvalue weighted by molar-refractivity contribution is 7.13. The minimum Gasteiger partial charge on any atom is -0.393 e. The summed E-state index contributed by atoms with van der Waals surface area (Å²) in [6.07, 6.45) is 3.52. The molecule has 3 N–H and O–H groups in total. The molecule has 0 unspecified atom stereocenters. The van der Waals surface area contributed by atoms with Gasteiger partial charge in [0.2, 0.25) is 0 Å². The van der Waals surface area contributed by atoms with E-state index in [0.29, 0.717) is 6.04 Å². The van der Waals surface area contributed by atoms with Crippen molar-refractivity contribution in [3.63, 3.8) is 0 Å². The molecule has 0 radical (unpaired) electrons. The molecule has 0 saturated heterocycles. The van der Waals surface area contributed by atoms with Crippen LogP contribution in [0.4, 0.5) is 5.82 Å².